The Hall–Kier alpha value is -4.06. The molecule has 2 amide bonds. The number of hydrogen-bond donors (Lipinski definition) is 2. The van der Waals surface area contributed by atoms with E-state index in [1.54, 1.807) is 0 Å². The molecular weight excluding hydrogens is 358 g/mol. The van der Waals surface area contributed by atoms with Crippen molar-refractivity contribution < 1.29 is 9.59 Å². The predicted octanol–water partition coefficient (Wildman–Crippen LogP) is 1.81. The largest absolute Gasteiger partial charge is 0.304 e. The second kappa shape index (κ2) is 6.92. The zero-order valence-electron chi connectivity index (χ0n) is 14.9. The maximum Gasteiger partial charge on any atom is 0.273 e. The first kappa shape index (κ1) is 17.4. The predicted molar refractivity (Wildman–Crippen MR) is 102 cm³/mol. The van der Waals surface area contributed by atoms with Crippen molar-refractivity contribution in [1.82, 2.24) is 20.2 Å². The SMILES string of the molecule is Cc1cc(-n2ncc(C#N)c2NC(=O)C2=NNC(=O)CC2)nc2ccccc12. The van der Waals surface area contributed by atoms with Gasteiger partial charge in [-0.25, -0.2) is 10.4 Å². The monoisotopic (exact) mass is 373 g/mol. The molecule has 0 saturated carbocycles. The van der Waals surface area contributed by atoms with Crippen LogP contribution in [-0.2, 0) is 9.59 Å². The first-order chi connectivity index (χ1) is 13.6. The molecule has 138 valence electrons. The summed E-state index contributed by atoms with van der Waals surface area (Å²) in [5, 5.41) is 21.1. The molecule has 0 atom stereocenters. The fourth-order valence-corrected chi connectivity index (χ4v) is 2.98. The van der Waals surface area contributed by atoms with Crippen molar-refractivity contribution in [2.75, 3.05) is 5.32 Å². The van der Waals surface area contributed by atoms with Gasteiger partial charge in [0.15, 0.2) is 11.6 Å². The number of pyridine rings is 1. The molecule has 3 aromatic rings. The van der Waals surface area contributed by atoms with Crippen LogP contribution in [0.5, 0.6) is 0 Å². The number of anilines is 1. The molecule has 2 aromatic heterocycles. The molecule has 0 radical (unpaired) electrons. The number of nitriles is 1. The van der Waals surface area contributed by atoms with E-state index in [0.29, 0.717) is 5.82 Å². The van der Waals surface area contributed by atoms with Crippen LogP contribution in [0.3, 0.4) is 0 Å². The Bertz CT molecular complexity index is 1190. The second-order valence-corrected chi connectivity index (χ2v) is 6.29. The zero-order chi connectivity index (χ0) is 19.7. The zero-order valence-corrected chi connectivity index (χ0v) is 14.9. The van der Waals surface area contributed by atoms with E-state index in [2.05, 4.69) is 25.9 Å². The molecule has 0 saturated heterocycles. The lowest BCUT2D eigenvalue weighted by Gasteiger charge is -2.13. The van der Waals surface area contributed by atoms with Gasteiger partial charge >= 0.3 is 0 Å². The highest BCUT2D eigenvalue weighted by Crippen LogP contribution is 2.23. The number of carbonyl (C=O) groups excluding carboxylic acids is 2. The molecular formula is C19H15N7O2. The highest BCUT2D eigenvalue weighted by molar-refractivity contribution is 6.43. The fraction of sp³-hybridized carbons (Fsp3) is 0.158. The second-order valence-electron chi connectivity index (χ2n) is 6.29. The number of amides is 2. The van der Waals surface area contributed by atoms with E-state index in [-0.39, 0.29) is 35.8 Å². The lowest BCUT2D eigenvalue weighted by molar-refractivity contribution is -0.121. The quantitative estimate of drug-likeness (QED) is 0.724. The number of benzene rings is 1. The molecule has 9 nitrogen and oxygen atoms in total. The van der Waals surface area contributed by atoms with Crippen molar-refractivity contribution in [1.29, 1.82) is 5.26 Å². The number of carbonyl (C=O) groups is 2. The van der Waals surface area contributed by atoms with Crippen LogP contribution in [0.15, 0.2) is 41.6 Å². The normalized spacial score (nSPS) is 13.6. The third-order valence-electron chi connectivity index (χ3n) is 4.41. The van der Waals surface area contributed by atoms with Crippen LogP contribution >= 0.6 is 0 Å². The minimum absolute atomic E-state index is 0.180. The highest BCUT2D eigenvalue weighted by Gasteiger charge is 2.22. The van der Waals surface area contributed by atoms with Crippen LogP contribution < -0.4 is 10.7 Å². The Labute approximate surface area is 159 Å². The summed E-state index contributed by atoms with van der Waals surface area (Å²) in [5.41, 5.74) is 4.43. The fourth-order valence-electron chi connectivity index (χ4n) is 2.98. The molecule has 2 N–H and O–H groups in total. The number of nitrogens with one attached hydrogen (secondary N) is 2. The van der Waals surface area contributed by atoms with Crippen LogP contribution in [0.2, 0.25) is 0 Å². The minimum atomic E-state index is -0.504. The summed E-state index contributed by atoms with van der Waals surface area (Å²) in [6.45, 7) is 1.96. The molecule has 0 bridgehead atoms. The summed E-state index contributed by atoms with van der Waals surface area (Å²) in [5.74, 6) is -0.0629. The average Bonchev–Trinajstić information content (AvgIpc) is 3.11. The van der Waals surface area contributed by atoms with E-state index in [0.717, 1.165) is 16.5 Å². The van der Waals surface area contributed by atoms with Gasteiger partial charge in [0.05, 0.1) is 11.7 Å². The summed E-state index contributed by atoms with van der Waals surface area (Å²) < 4.78 is 1.41. The number of rotatable bonds is 3. The van der Waals surface area contributed by atoms with Gasteiger partial charge in [-0.05, 0) is 24.6 Å². The number of aryl methyl sites for hydroxylation is 1. The van der Waals surface area contributed by atoms with Gasteiger partial charge in [-0.1, -0.05) is 18.2 Å². The van der Waals surface area contributed by atoms with E-state index in [1.807, 2.05) is 43.3 Å². The van der Waals surface area contributed by atoms with E-state index in [1.165, 1.54) is 10.9 Å². The molecule has 9 heteroatoms. The van der Waals surface area contributed by atoms with Gasteiger partial charge in [0.25, 0.3) is 5.91 Å². The van der Waals surface area contributed by atoms with E-state index in [9.17, 15) is 14.9 Å². The molecule has 0 aliphatic carbocycles. The first-order valence-corrected chi connectivity index (χ1v) is 8.58. The summed E-state index contributed by atoms with van der Waals surface area (Å²) >= 11 is 0. The Balaban J connectivity index is 1.74. The summed E-state index contributed by atoms with van der Waals surface area (Å²) in [7, 11) is 0. The smallest absolute Gasteiger partial charge is 0.273 e. The van der Waals surface area contributed by atoms with Crippen molar-refractivity contribution in [3.8, 4) is 11.9 Å². The van der Waals surface area contributed by atoms with E-state index in [4.69, 9.17) is 0 Å². The molecule has 0 unspecified atom stereocenters. The molecule has 1 aliphatic rings. The van der Waals surface area contributed by atoms with Gasteiger partial charge in [0, 0.05) is 18.2 Å². The van der Waals surface area contributed by atoms with Crippen LogP contribution in [0.1, 0.15) is 24.0 Å². The van der Waals surface area contributed by atoms with Gasteiger partial charge in [-0.2, -0.15) is 20.1 Å². The molecule has 0 fully saturated rings. The van der Waals surface area contributed by atoms with Crippen molar-refractivity contribution >= 4 is 34.2 Å². The average molecular weight is 373 g/mol. The first-order valence-electron chi connectivity index (χ1n) is 8.58. The molecule has 3 heterocycles. The molecule has 28 heavy (non-hydrogen) atoms. The Morgan fingerprint density at radius 1 is 1.32 bits per heavy atom. The van der Waals surface area contributed by atoms with Crippen LogP contribution in [-0.4, -0.2) is 32.3 Å². The van der Waals surface area contributed by atoms with Gasteiger partial charge in [0.1, 0.15) is 17.3 Å². The maximum atomic E-state index is 12.5. The standard InChI is InChI=1S/C19H15N7O2/c1-11-8-16(22-14-5-3-2-4-13(11)14)26-18(12(9-20)10-21-26)23-19(28)15-6-7-17(27)25-24-15/h2-5,8,10H,6-7H2,1H3,(H,23,28)(H,25,27). The summed E-state index contributed by atoms with van der Waals surface area (Å²) in [4.78, 5) is 28.3. The van der Waals surface area contributed by atoms with Gasteiger partial charge < -0.3 is 5.32 Å². The lowest BCUT2D eigenvalue weighted by Crippen LogP contribution is -2.33. The third kappa shape index (κ3) is 3.07. The lowest BCUT2D eigenvalue weighted by atomic mass is 10.1. The molecule has 4 rings (SSSR count). The number of fused-ring (bicyclic) bond motifs is 1. The van der Waals surface area contributed by atoms with Crippen LogP contribution in [0.4, 0.5) is 5.82 Å². The van der Waals surface area contributed by atoms with E-state index < -0.39 is 5.91 Å². The molecule has 1 aliphatic heterocycles. The maximum absolute atomic E-state index is 12.5. The number of hydrazone groups is 1. The van der Waals surface area contributed by atoms with Gasteiger partial charge in [-0.3, -0.25) is 9.59 Å². The van der Waals surface area contributed by atoms with Crippen LogP contribution in [0.25, 0.3) is 16.7 Å². The summed E-state index contributed by atoms with van der Waals surface area (Å²) in [6, 6.07) is 11.5. The number of nitrogens with zero attached hydrogens (tertiary/aromatic N) is 5. The summed E-state index contributed by atoms with van der Waals surface area (Å²) in [6.07, 6.45) is 1.77. The van der Waals surface area contributed by atoms with Crippen molar-refractivity contribution in [2.24, 2.45) is 5.10 Å². The van der Waals surface area contributed by atoms with Gasteiger partial charge in [-0.15, -0.1) is 0 Å². The van der Waals surface area contributed by atoms with Crippen LogP contribution in [0, 0.1) is 18.3 Å². The van der Waals surface area contributed by atoms with Crippen molar-refractivity contribution in [3.63, 3.8) is 0 Å². The number of aromatic nitrogens is 3. The molecule has 1 aromatic carbocycles. The topological polar surface area (TPSA) is 125 Å². The minimum Gasteiger partial charge on any atom is -0.304 e. The van der Waals surface area contributed by atoms with Crippen molar-refractivity contribution in [2.45, 2.75) is 19.8 Å². The third-order valence-corrected chi connectivity index (χ3v) is 4.41. The van der Waals surface area contributed by atoms with E-state index >= 15 is 0 Å². The number of para-hydroxylation sites is 1. The van der Waals surface area contributed by atoms with Crippen molar-refractivity contribution in [3.05, 3.63) is 47.7 Å². The highest BCUT2D eigenvalue weighted by atomic mass is 16.2. The number of hydrogen-bond acceptors (Lipinski definition) is 6. The molecule has 0 spiro atoms. The Morgan fingerprint density at radius 2 is 2.14 bits per heavy atom. The Kier molecular flexibility index (Phi) is 4.29. The van der Waals surface area contributed by atoms with Gasteiger partial charge in [0.2, 0.25) is 5.91 Å². The Morgan fingerprint density at radius 3 is 2.89 bits per heavy atom.